The molecule has 0 amide bonds. The van der Waals surface area contributed by atoms with Gasteiger partial charge in [0.2, 0.25) is 0 Å². The van der Waals surface area contributed by atoms with Gasteiger partial charge < -0.3 is 14.0 Å². The predicted molar refractivity (Wildman–Crippen MR) is 99.1 cm³/mol. The topological polar surface area (TPSA) is 40.5 Å². The third-order valence-electron chi connectivity index (χ3n) is 3.92. The Morgan fingerprint density at radius 1 is 0.920 bits per heavy atom. The first-order valence-electron chi connectivity index (χ1n) is 8.02. The molecular formula is C21H19NO3. The van der Waals surface area contributed by atoms with E-state index in [1.165, 1.54) is 0 Å². The maximum atomic E-state index is 12.3. The van der Waals surface area contributed by atoms with Gasteiger partial charge in [0.05, 0.1) is 5.52 Å². The van der Waals surface area contributed by atoms with Gasteiger partial charge in [0.25, 0.3) is 5.56 Å². The molecule has 0 saturated heterocycles. The Balaban J connectivity index is 1.62. The molecule has 0 aliphatic rings. The van der Waals surface area contributed by atoms with Gasteiger partial charge in [-0.05, 0) is 30.7 Å². The summed E-state index contributed by atoms with van der Waals surface area (Å²) in [5.74, 6) is 6.89. The summed E-state index contributed by atoms with van der Waals surface area (Å²) in [4.78, 5) is 12.3. The van der Waals surface area contributed by atoms with Crippen molar-refractivity contribution in [3.63, 3.8) is 0 Å². The van der Waals surface area contributed by atoms with E-state index in [2.05, 4.69) is 11.8 Å². The van der Waals surface area contributed by atoms with Gasteiger partial charge in [-0.3, -0.25) is 4.79 Å². The molecule has 0 aliphatic heterocycles. The highest BCUT2D eigenvalue weighted by Gasteiger charge is 2.06. The number of nitrogens with zero attached hydrogens (tertiary/aromatic N) is 1. The lowest BCUT2D eigenvalue weighted by atomic mass is 10.2. The Morgan fingerprint density at radius 2 is 1.56 bits per heavy atom. The Labute approximate surface area is 146 Å². The summed E-state index contributed by atoms with van der Waals surface area (Å²) in [6, 6.07) is 17.2. The summed E-state index contributed by atoms with van der Waals surface area (Å²) in [5.41, 5.74) is 1.77. The van der Waals surface area contributed by atoms with Crippen LogP contribution >= 0.6 is 0 Å². The third-order valence-corrected chi connectivity index (χ3v) is 3.92. The molecule has 126 valence electrons. The van der Waals surface area contributed by atoms with Crippen molar-refractivity contribution in [2.45, 2.75) is 6.92 Å². The Hall–Kier alpha value is -3.19. The molecule has 2 aromatic carbocycles. The van der Waals surface area contributed by atoms with Crippen molar-refractivity contribution in [2.24, 2.45) is 7.05 Å². The van der Waals surface area contributed by atoms with Gasteiger partial charge in [-0.15, -0.1) is 0 Å². The van der Waals surface area contributed by atoms with Crippen molar-refractivity contribution in [2.75, 3.05) is 13.2 Å². The summed E-state index contributed by atoms with van der Waals surface area (Å²) in [6.45, 7) is 2.41. The van der Waals surface area contributed by atoms with Gasteiger partial charge in [0.1, 0.15) is 19.0 Å². The first kappa shape index (κ1) is 16.7. The summed E-state index contributed by atoms with van der Waals surface area (Å²) in [5, 5.41) is 0.954. The maximum absolute atomic E-state index is 12.3. The molecule has 0 radical (unpaired) electrons. The summed E-state index contributed by atoms with van der Waals surface area (Å²) in [7, 11) is 1.74. The molecule has 3 aromatic rings. The number of fused-ring (bicyclic) bond motifs is 1. The van der Waals surface area contributed by atoms with Crippen LogP contribution in [-0.4, -0.2) is 17.8 Å². The van der Waals surface area contributed by atoms with Crippen LogP contribution in [-0.2, 0) is 7.05 Å². The number of ether oxygens (including phenoxy) is 2. The molecule has 0 N–H and O–H groups in total. The molecule has 25 heavy (non-hydrogen) atoms. The molecule has 1 heterocycles. The standard InChI is InChI=1S/C21H19NO3/c1-16-9-3-6-12-19(16)24-13-7-8-14-25-20-15-17-10-4-5-11-18(17)22(2)21(20)23/h3-6,9-12,15H,13-14H2,1-2H3. The average Bonchev–Trinajstić information content (AvgIpc) is 2.63. The van der Waals surface area contributed by atoms with E-state index in [0.29, 0.717) is 5.75 Å². The molecule has 0 aliphatic carbocycles. The fourth-order valence-corrected chi connectivity index (χ4v) is 2.54. The number of pyridine rings is 1. The van der Waals surface area contributed by atoms with Gasteiger partial charge >= 0.3 is 0 Å². The molecule has 0 unspecified atom stereocenters. The number of hydrogen-bond acceptors (Lipinski definition) is 3. The van der Waals surface area contributed by atoms with E-state index in [1.54, 1.807) is 17.7 Å². The monoisotopic (exact) mass is 333 g/mol. The van der Waals surface area contributed by atoms with E-state index < -0.39 is 0 Å². The molecule has 1 aromatic heterocycles. The molecule has 0 saturated carbocycles. The highest BCUT2D eigenvalue weighted by atomic mass is 16.5. The number of aromatic nitrogens is 1. The lowest BCUT2D eigenvalue weighted by molar-refractivity contribution is 0.357. The van der Waals surface area contributed by atoms with Crippen molar-refractivity contribution >= 4 is 10.9 Å². The minimum absolute atomic E-state index is 0.144. The second-order valence-corrected chi connectivity index (χ2v) is 5.63. The van der Waals surface area contributed by atoms with Gasteiger partial charge in [0, 0.05) is 12.4 Å². The van der Waals surface area contributed by atoms with Crippen LogP contribution in [0.25, 0.3) is 10.9 Å². The largest absolute Gasteiger partial charge is 0.481 e. The van der Waals surface area contributed by atoms with Crippen LogP contribution in [0.1, 0.15) is 5.56 Å². The van der Waals surface area contributed by atoms with Gasteiger partial charge in [-0.1, -0.05) is 48.2 Å². The fraction of sp³-hybridized carbons (Fsp3) is 0.190. The molecular weight excluding hydrogens is 314 g/mol. The number of aryl methyl sites for hydroxylation is 2. The lowest BCUT2D eigenvalue weighted by Gasteiger charge is -2.08. The van der Waals surface area contributed by atoms with Crippen LogP contribution in [0.15, 0.2) is 59.4 Å². The number of benzene rings is 2. The quantitative estimate of drug-likeness (QED) is 0.688. The Bertz CT molecular complexity index is 1010. The zero-order valence-electron chi connectivity index (χ0n) is 14.3. The van der Waals surface area contributed by atoms with Crippen LogP contribution in [0.2, 0.25) is 0 Å². The molecule has 3 rings (SSSR count). The maximum Gasteiger partial charge on any atom is 0.293 e. The molecule has 0 spiro atoms. The molecule has 0 bridgehead atoms. The summed E-state index contributed by atoms with van der Waals surface area (Å²) < 4.78 is 12.7. The molecule has 4 heteroatoms. The van der Waals surface area contributed by atoms with Gasteiger partial charge in [-0.25, -0.2) is 0 Å². The second-order valence-electron chi connectivity index (χ2n) is 5.63. The summed E-state index contributed by atoms with van der Waals surface area (Å²) >= 11 is 0. The van der Waals surface area contributed by atoms with Crippen molar-refractivity contribution in [1.29, 1.82) is 0 Å². The van der Waals surface area contributed by atoms with E-state index in [0.717, 1.165) is 22.2 Å². The van der Waals surface area contributed by atoms with Crippen LogP contribution in [0.5, 0.6) is 11.5 Å². The van der Waals surface area contributed by atoms with Crippen LogP contribution in [0.4, 0.5) is 0 Å². The minimum atomic E-state index is -0.170. The average molecular weight is 333 g/mol. The second kappa shape index (κ2) is 7.59. The lowest BCUT2D eigenvalue weighted by Crippen LogP contribution is -2.19. The third kappa shape index (κ3) is 3.84. The van der Waals surface area contributed by atoms with Gasteiger partial charge in [-0.2, -0.15) is 0 Å². The Morgan fingerprint density at radius 3 is 2.32 bits per heavy atom. The summed E-state index contributed by atoms with van der Waals surface area (Å²) in [6.07, 6.45) is 0. The highest BCUT2D eigenvalue weighted by Crippen LogP contribution is 2.16. The Kier molecular flexibility index (Phi) is 5.06. The van der Waals surface area contributed by atoms with Crippen LogP contribution < -0.4 is 15.0 Å². The normalized spacial score (nSPS) is 10.2. The van der Waals surface area contributed by atoms with E-state index in [4.69, 9.17) is 9.47 Å². The number of para-hydroxylation sites is 2. The van der Waals surface area contributed by atoms with Crippen LogP contribution in [0.3, 0.4) is 0 Å². The van der Waals surface area contributed by atoms with E-state index >= 15 is 0 Å². The molecule has 0 atom stereocenters. The predicted octanol–water partition coefficient (Wildman–Crippen LogP) is 3.31. The minimum Gasteiger partial charge on any atom is -0.481 e. The molecule has 4 nitrogen and oxygen atoms in total. The first-order valence-corrected chi connectivity index (χ1v) is 8.02. The highest BCUT2D eigenvalue weighted by molar-refractivity contribution is 5.80. The molecule has 0 fully saturated rings. The smallest absolute Gasteiger partial charge is 0.293 e. The van der Waals surface area contributed by atoms with Gasteiger partial charge in [0.15, 0.2) is 5.75 Å². The van der Waals surface area contributed by atoms with Crippen molar-refractivity contribution in [3.8, 4) is 23.3 Å². The fourth-order valence-electron chi connectivity index (χ4n) is 2.54. The van der Waals surface area contributed by atoms with E-state index in [1.807, 2.05) is 55.5 Å². The van der Waals surface area contributed by atoms with Crippen molar-refractivity contribution in [1.82, 2.24) is 4.57 Å². The van der Waals surface area contributed by atoms with E-state index in [-0.39, 0.29) is 18.8 Å². The van der Waals surface area contributed by atoms with Crippen molar-refractivity contribution in [3.05, 3.63) is 70.5 Å². The van der Waals surface area contributed by atoms with Crippen LogP contribution in [0, 0.1) is 18.8 Å². The van der Waals surface area contributed by atoms with Crippen molar-refractivity contribution < 1.29 is 9.47 Å². The number of rotatable bonds is 4. The SMILES string of the molecule is Cc1ccccc1OCC#CCOc1cc2ccccc2n(C)c1=O. The first-order chi connectivity index (χ1) is 12.2. The van der Waals surface area contributed by atoms with E-state index in [9.17, 15) is 4.79 Å². The zero-order valence-corrected chi connectivity index (χ0v) is 14.3. The number of hydrogen-bond donors (Lipinski definition) is 0. The zero-order chi connectivity index (χ0) is 17.6.